The normalized spacial score (nSPS) is 15.1. The molecule has 0 aromatic heterocycles. The lowest BCUT2D eigenvalue weighted by Gasteiger charge is -2.25. The third kappa shape index (κ3) is 5.58. The van der Waals surface area contributed by atoms with Crippen molar-refractivity contribution >= 4 is 40.1 Å². The quantitative estimate of drug-likeness (QED) is 0.406. The standard InChI is InChI=1S/C30H31FN4O4/c1-4-27(36)35(14-13-34(2)3)22-9-7-21(8-10-22)32-29(19-5-12-25-26(17-19)39-16-15-38-25)28-23-11-6-20(31)18-24(23)33-30(28)37/h5-12,17-18,32H,4,13-16H2,1-3H3,(H,33,37)/b29-28-. The lowest BCUT2D eigenvalue weighted by molar-refractivity contribution is -0.118. The van der Waals surface area contributed by atoms with Crippen LogP contribution in [0.25, 0.3) is 11.3 Å². The van der Waals surface area contributed by atoms with Crippen LogP contribution in [0.2, 0.25) is 0 Å². The zero-order chi connectivity index (χ0) is 27.5. The first-order valence-corrected chi connectivity index (χ1v) is 12.9. The van der Waals surface area contributed by atoms with Crippen LogP contribution >= 0.6 is 0 Å². The number of amides is 2. The summed E-state index contributed by atoms with van der Waals surface area (Å²) in [5.41, 5.74) is 4.16. The Morgan fingerprint density at radius 3 is 2.44 bits per heavy atom. The van der Waals surface area contributed by atoms with Crippen molar-refractivity contribution in [2.24, 2.45) is 0 Å². The highest BCUT2D eigenvalue weighted by Gasteiger charge is 2.29. The number of carbonyl (C=O) groups is 2. The highest BCUT2D eigenvalue weighted by molar-refractivity contribution is 6.37. The van der Waals surface area contributed by atoms with Gasteiger partial charge in [-0.2, -0.15) is 0 Å². The van der Waals surface area contributed by atoms with E-state index in [0.717, 1.165) is 17.9 Å². The van der Waals surface area contributed by atoms with E-state index in [0.29, 0.717) is 65.8 Å². The summed E-state index contributed by atoms with van der Waals surface area (Å²) in [5, 5.41) is 6.18. The van der Waals surface area contributed by atoms with Gasteiger partial charge < -0.3 is 29.9 Å². The number of nitrogens with one attached hydrogen (secondary N) is 2. The number of benzene rings is 3. The molecule has 0 radical (unpaired) electrons. The molecule has 0 fully saturated rings. The van der Waals surface area contributed by atoms with E-state index in [2.05, 4.69) is 10.6 Å². The Balaban J connectivity index is 1.54. The Morgan fingerprint density at radius 2 is 1.72 bits per heavy atom. The molecule has 2 heterocycles. The first-order valence-electron chi connectivity index (χ1n) is 12.9. The summed E-state index contributed by atoms with van der Waals surface area (Å²) in [7, 11) is 3.94. The number of hydrogen-bond acceptors (Lipinski definition) is 6. The molecule has 0 spiro atoms. The number of carbonyl (C=O) groups excluding carboxylic acids is 2. The van der Waals surface area contributed by atoms with E-state index in [-0.39, 0.29) is 11.8 Å². The van der Waals surface area contributed by atoms with Crippen molar-refractivity contribution in [3.63, 3.8) is 0 Å². The van der Waals surface area contributed by atoms with Gasteiger partial charge in [-0.15, -0.1) is 0 Å². The van der Waals surface area contributed by atoms with Crippen molar-refractivity contribution in [2.45, 2.75) is 13.3 Å². The van der Waals surface area contributed by atoms with Gasteiger partial charge in [-0.3, -0.25) is 9.59 Å². The van der Waals surface area contributed by atoms with Crippen molar-refractivity contribution in [2.75, 3.05) is 55.9 Å². The second kappa shape index (κ2) is 11.2. The molecule has 0 saturated carbocycles. The Morgan fingerprint density at radius 1 is 0.974 bits per heavy atom. The van der Waals surface area contributed by atoms with Gasteiger partial charge in [0.2, 0.25) is 5.91 Å². The van der Waals surface area contributed by atoms with Crippen LogP contribution in [0, 0.1) is 5.82 Å². The van der Waals surface area contributed by atoms with Crippen molar-refractivity contribution in [1.82, 2.24) is 4.90 Å². The van der Waals surface area contributed by atoms with Crippen LogP contribution in [0.5, 0.6) is 11.5 Å². The predicted octanol–water partition coefficient (Wildman–Crippen LogP) is 4.83. The minimum absolute atomic E-state index is 0.0445. The molecule has 2 aliphatic heterocycles. The number of anilines is 3. The summed E-state index contributed by atoms with van der Waals surface area (Å²) in [5.74, 6) is 0.494. The van der Waals surface area contributed by atoms with Crippen molar-refractivity contribution in [3.8, 4) is 11.5 Å². The lowest BCUT2D eigenvalue weighted by atomic mass is 9.99. The largest absolute Gasteiger partial charge is 0.486 e. The highest BCUT2D eigenvalue weighted by atomic mass is 19.1. The van der Waals surface area contributed by atoms with E-state index in [4.69, 9.17) is 9.47 Å². The van der Waals surface area contributed by atoms with Crippen LogP contribution in [-0.2, 0) is 9.59 Å². The molecular weight excluding hydrogens is 499 g/mol. The van der Waals surface area contributed by atoms with Gasteiger partial charge in [0.15, 0.2) is 11.5 Å². The topological polar surface area (TPSA) is 83.1 Å². The first-order chi connectivity index (χ1) is 18.8. The minimum atomic E-state index is -0.430. The van der Waals surface area contributed by atoms with Crippen molar-refractivity contribution in [3.05, 3.63) is 77.6 Å². The summed E-state index contributed by atoms with van der Waals surface area (Å²) in [6, 6.07) is 17.3. The number of likely N-dealkylation sites (N-methyl/N-ethyl adjacent to an activating group) is 1. The molecule has 0 saturated heterocycles. The number of hydrogen-bond donors (Lipinski definition) is 2. The zero-order valence-corrected chi connectivity index (χ0v) is 22.2. The van der Waals surface area contributed by atoms with Gasteiger partial charge in [-0.1, -0.05) is 6.92 Å². The Bertz CT molecular complexity index is 1440. The SMILES string of the molecule is CCC(=O)N(CCN(C)C)c1ccc(N/C(=C2\C(=O)Nc3cc(F)ccc32)c2ccc3c(c2)OCCO3)cc1. The van der Waals surface area contributed by atoms with E-state index in [1.165, 1.54) is 12.1 Å². The Labute approximate surface area is 227 Å². The number of rotatable bonds is 8. The van der Waals surface area contributed by atoms with Crippen LogP contribution < -0.4 is 25.0 Å². The molecule has 0 atom stereocenters. The summed E-state index contributed by atoms with van der Waals surface area (Å²) in [6.45, 7) is 4.07. The third-order valence-electron chi connectivity index (χ3n) is 6.63. The molecule has 0 unspecified atom stereocenters. The van der Waals surface area contributed by atoms with E-state index >= 15 is 0 Å². The van der Waals surface area contributed by atoms with Crippen LogP contribution in [-0.4, -0.2) is 57.1 Å². The summed E-state index contributed by atoms with van der Waals surface area (Å²) < 4.78 is 25.4. The molecule has 2 amide bonds. The summed E-state index contributed by atoms with van der Waals surface area (Å²) >= 11 is 0. The molecule has 2 N–H and O–H groups in total. The maximum Gasteiger partial charge on any atom is 0.258 e. The number of halogens is 1. The molecule has 8 nitrogen and oxygen atoms in total. The second-order valence-corrected chi connectivity index (χ2v) is 9.63. The Kier molecular flexibility index (Phi) is 7.51. The molecule has 9 heteroatoms. The van der Waals surface area contributed by atoms with E-state index < -0.39 is 5.82 Å². The summed E-state index contributed by atoms with van der Waals surface area (Å²) in [6.07, 6.45) is 0.406. The fourth-order valence-corrected chi connectivity index (χ4v) is 4.63. The van der Waals surface area contributed by atoms with Gasteiger partial charge in [0.1, 0.15) is 19.0 Å². The molecule has 3 aromatic rings. The number of ether oxygens (including phenoxy) is 2. The van der Waals surface area contributed by atoms with Crippen molar-refractivity contribution < 1.29 is 23.5 Å². The molecule has 202 valence electrons. The molecule has 2 aliphatic rings. The monoisotopic (exact) mass is 530 g/mol. The van der Waals surface area contributed by atoms with Crippen LogP contribution in [0.4, 0.5) is 21.5 Å². The predicted molar refractivity (Wildman–Crippen MR) is 151 cm³/mol. The van der Waals surface area contributed by atoms with Crippen LogP contribution in [0.3, 0.4) is 0 Å². The van der Waals surface area contributed by atoms with E-state index in [1.807, 2.05) is 68.4 Å². The fourth-order valence-electron chi connectivity index (χ4n) is 4.63. The zero-order valence-electron chi connectivity index (χ0n) is 22.2. The molecule has 0 aliphatic carbocycles. The number of fused-ring (bicyclic) bond motifs is 2. The Hall–Kier alpha value is -4.37. The second-order valence-electron chi connectivity index (χ2n) is 9.63. The molecule has 5 rings (SSSR count). The number of nitrogens with zero attached hydrogens (tertiary/aromatic N) is 2. The summed E-state index contributed by atoms with van der Waals surface area (Å²) in [4.78, 5) is 29.6. The van der Waals surface area contributed by atoms with E-state index in [1.54, 1.807) is 11.0 Å². The average Bonchev–Trinajstić information content (AvgIpc) is 3.26. The minimum Gasteiger partial charge on any atom is -0.486 e. The van der Waals surface area contributed by atoms with Gasteiger partial charge in [0.25, 0.3) is 5.91 Å². The van der Waals surface area contributed by atoms with Crippen molar-refractivity contribution in [1.29, 1.82) is 0 Å². The maximum atomic E-state index is 13.9. The van der Waals surface area contributed by atoms with Gasteiger partial charge in [-0.05, 0) is 74.8 Å². The van der Waals surface area contributed by atoms with Gasteiger partial charge in [0, 0.05) is 42.0 Å². The van der Waals surface area contributed by atoms with Crippen LogP contribution in [0.1, 0.15) is 24.5 Å². The molecule has 0 bridgehead atoms. The van der Waals surface area contributed by atoms with E-state index in [9.17, 15) is 14.0 Å². The maximum absolute atomic E-state index is 13.9. The average molecular weight is 531 g/mol. The third-order valence-corrected chi connectivity index (χ3v) is 6.63. The van der Waals surface area contributed by atoms with Gasteiger partial charge in [-0.25, -0.2) is 4.39 Å². The first kappa shape index (κ1) is 26.2. The van der Waals surface area contributed by atoms with Gasteiger partial charge in [0.05, 0.1) is 17.0 Å². The lowest BCUT2D eigenvalue weighted by Crippen LogP contribution is -2.36. The molecule has 3 aromatic carbocycles. The highest BCUT2D eigenvalue weighted by Crippen LogP contribution is 2.40. The van der Waals surface area contributed by atoms with Gasteiger partial charge >= 0.3 is 0 Å². The fraction of sp³-hybridized carbons (Fsp3) is 0.267. The smallest absolute Gasteiger partial charge is 0.258 e. The molecule has 39 heavy (non-hydrogen) atoms. The molecular formula is C30H31FN4O4. The van der Waals surface area contributed by atoms with Crippen LogP contribution in [0.15, 0.2) is 60.7 Å².